The first-order valence-corrected chi connectivity index (χ1v) is 7.09. The molecule has 2 nitrogen and oxygen atoms in total. The molecule has 3 heteroatoms. The molecule has 2 fully saturated rings. The Labute approximate surface area is 100 Å². The second kappa shape index (κ2) is 4.28. The van der Waals surface area contributed by atoms with Gasteiger partial charge in [-0.1, -0.05) is 6.42 Å². The summed E-state index contributed by atoms with van der Waals surface area (Å²) in [6.45, 7) is 0. The summed E-state index contributed by atoms with van der Waals surface area (Å²) in [5.41, 5.74) is 0. The number of rotatable bonds is 4. The van der Waals surface area contributed by atoms with Crippen molar-refractivity contribution in [3.63, 3.8) is 0 Å². The molecule has 3 rings (SSSR count). The zero-order valence-corrected chi connectivity index (χ0v) is 10.2. The van der Waals surface area contributed by atoms with E-state index in [1.54, 1.807) is 17.5 Å². The minimum Gasteiger partial charge on any atom is -0.299 e. The van der Waals surface area contributed by atoms with Crippen LogP contribution in [0.2, 0.25) is 0 Å². The Morgan fingerprint density at radius 3 is 3.00 bits per heavy atom. The minimum absolute atomic E-state index is 0.396. The van der Waals surface area contributed by atoms with Crippen LogP contribution in [0.25, 0.3) is 0 Å². The molecule has 3 atom stereocenters. The molecule has 0 aromatic carbocycles. The quantitative estimate of drug-likeness (QED) is 0.802. The van der Waals surface area contributed by atoms with Crippen molar-refractivity contribution in [2.24, 2.45) is 17.8 Å². The number of thiazole rings is 1. The van der Waals surface area contributed by atoms with Gasteiger partial charge >= 0.3 is 0 Å². The number of hydrogen-bond donors (Lipinski definition) is 0. The van der Waals surface area contributed by atoms with E-state index < -0.39 is 0 Å². The maximum absolute atomic E-state index is 11.9. The Hall–Kier alpha value is -0.700. The number of carbonyl (C=O) groups excluding carboxylic acids is 1. The summed E-state index contributed by atoms with van der Waals surface area (Å²) in [7, 11) is 0. The second-order valence-electron chi connectivity index (χ2n) is 5.28. The summed E-state index contributed by atoms with van der Waals surface area (Å²) in [5.74, 6) is 2.91. The van der Waals surface area contributed by atoms with E-state index in [2.05, 4.69) is 4.98 Å². The molecule has 3 unspecified atom stereocenters. The first-order chi connectivity index (χ1) is 7.81. The predicted octanol–water partition coefficient (Wildman–Crippen LogP) is 3.08. The third-order valence-electron chi connectivity index (χ3n) is 4.21. The highest BCUT2D eigenvalue weighted by Gasteiger charge is 2.39. The summed E-state index contributed by atoms with van der Waals surface area (Å²) in [4.78, 5) is 16.1. The zero-order chi connectivity index (χ0) is 11.0. The van der Waals surface area contributed by atoms with Crippen LogP contribution in [0.1, 0.15) is 37.1 Å². The normalized spacial score (nSPS) is 32.1. The average Bonchev–Trinajstić information content (AvgIpc) is 2.92. The molecular weight excluding hydrogens is 218 g/mol. The molecule has 1 aromatic heterocycles. The maximum atomic E-state index is 11.9. The second-order valence-corrected chi connectivity index (χ2v) is 6.26. The van der Waals surface area contributed by atoms with Gasteiger partial charge in [-0.25, -0.2) is 4.98 Å². The Kier molecular flexibility index (Phi) is 2.80. The third kappa shape index (κ3) is 2.05. The smallest absolute Gasteiger partial charge is 0.139 e. The first-order valence-electron chi connectivity index (χ1n) is 6.21. The van der Waals surface area contributed by atoms with Gasteiger partial charge in [0.1, 0.15) is 5.78 Å². The van der Waals surface area contributed by atoms with Gasteiger partial charge in [-0.05, 0) is 37.0 Å². The molecule has 2 aliphatic rings. The fourth-order valence-corrected chi connectivity index (χ4v) is 4.14. The van der Waals surface area contributed by atoms with Crippen molar-refractivity contribution in [1.82, 2.24) is 4.98 Å². The number of fused-ring (bicyclic) bond motifs is 2. The molecule has 0 radical (unpaired) electrons. The van der Waals surface area contributed by atoms with Crippen LogP contribution in [0.5, 0.6) is 0 Å². The molecule has 0 amide bonds. The van der Waals surface area contributed by atoms with Gasteiger partial charge in [0.15, 0.2) is 0 Å². The number of nitrogens with zero attached hydrogens (tertiary/aromatic N) is 1. The number of Topliss-reactive ketones (excluding diaryl/α,β-unsaturated/α-hetero) is 1. The van der Waals surface area contributed by atoms with Gasteiger partial charge in [0, 0.05) is 18.0 Å². The summed E-state index contributed by atoms with van der Waals surface area (Å²) < 4.78 is 0. The number of aromatic nitrogens is 1. The fourth-order valence-electron chi connectivity index (χ4n) is 3.50. The molecule has 2 aliphatic carbocycles. The summed E-state index contributed by atoms with van der Waals surface area (Å²) in [6, 6.07) is 0. The lowest BCUT2D eigenvalue weighted by Gasteiger charge is -2.20. The average molecular weight is 235 g/mol. The van der Waals surface area contributed by atoms with Gasteiger partial charge in [0.25, 0.3) is 0 Å². The van der Waals surface area contributed by atoms with Gasteiger partial charge in [-0.3, -0.25) is 4.79 Å². The van der Waals surface area contributed by atoms with Gasteiger partial charge in [-0.2, -0.15) is 0 Å². The lowest BCUT2D eigenvalue weighted by molar-refractivity contribution is -0.119. The van der Waals surface area contributed by atoms with Crippen molar-refractivity contribution in [3.05, 3.63) is 16.6 Å². The number of carbonyl (C=O) groups is 1. The van der Waals surface area contributed by atoms with Crippen LogP contribution in [0.15, 0.2) is 11.6 Å². The molecule has 86 valence electrons. The molecule has 1 aromatic rings. The molecule has 0 spiro atoms. The Morgan fingerprint density at radius 2 is 2.38 bits per heavy atom. The van der Waals surface area contributed by atoms with E-state index in [1.165, 1.54) is 25.7 Å². The van der Waals surface area contributed by atoms with Crippen molar-refractivity contribution >= 4 is 17.1 Å². The Bertz CT molecular complexity index is 373. The highest BCUT2D eigenvalue weighted by molar-refractivity contribution is 7.09. The maximum Gasteiger partial charge on any atom is 0.139 e. The number of hydrogen-bond acceptors (Lipinski definition) is 3. The Balaban J connectivity index is 1.53. The monoisotopic (exact) mass is 235 g/mol. The topological polar surface area (TPSA) is 30.0 Å². The Morgan fingerprint density at radius 1 is 1.44 bits per heavy atom. The van der Waals surface area contributed by atoms with Crippen molar-refractivity contribution in [1.29, 1.82) is 0 Å². The van der Waals surface area contributed by atoms with Gasteiger partial charge < -0.3 is 0 Å². The predicted molar refractivity (Wildman–Crippen MR) is 64.4 cm³/mol. The van der Waals surface area contributed by atoms with E-state index in [0.29, 0.717) is 18.1 Å². The molecule has 0 aliphatic heterocycles. The molecule has 16 heavy (non-hydrogen) atoms. The summed E-state index contributed by atoms with van der Waals surface area (Å²) in [5, 5.41) is 2.92. The highest BCUT2D eigenvalue weighted by atomic mass is 32.1. The molecular formula is C13H17NOS. The highest BCUT2D eigenvalue weighted by Crippen LogP contribution is 2.49. The molecule has 1 heterocycles. The summed E-state index contributed by atoms with van der Waals surface area (Å²) in [6.07, 6.45) is 8.66. The van der Waals surface area contributed by atoms with Crippen LogP contribution < -0.4 is 0 Å². The summed E-state index contributed by atoms with van der Waals surface area (Å²) >= 11 is 1.59. The van der Waals surface area contributed by atoms with Crippen LogP contribution >= 0.6 is 11.3 Å². The van der Waals surface area contributed by atoms with Gasteiger partial charge in [-0.15, -0.1) is 11.3 Å². The van der Waals surface area contributed by atoms with Gasteiger partial charge in [0.05, 0.1) is 11.4 Å². The van der Waals surface area contributed by atoms with Crippen molar-refractivity contribution in [2.75, 3.05) is 0 Å². The van der Waals surface area contributed by atoms with Crippen molar-refractivity contribution < 1.29 is 4.79 Å². The SMILES string of the molecule is O=C(Cc1nccs1)CC1CC2CCC1C2. The minimum atomic E-state index is 0.396. The van der Waals surface area contributed by atoms with Crippen molar-refractivity contribution in [2.45, 2.75) is 38.5 Å². The molecule has 2 saturated carbocycles. The van der Waals surface area contributed by atoms with E-state index in [0.717, 1.165) is 23.3 Å². The van der Waals surface area contributed by atoms with E-state index in [-0.39, 0.29) is 0 Å². The van der Waals surface area contributed by atoms with Gasteiger partial charge in [0.2, 0.25) is 0 Å². The van der Waals surface area contributed by atoms with Crippen LogP contribution in [0, 0.1) is 17.8 Å². The lowest BCUT2D eigenvalue weighted by atomic mass is 9.85. The van der Waals surface area contributed by atoms with E-state index >= 15 is 0 Å². The fraction of sp³-hybridized carbons (Fsp3) is 0.692. The molecule has 0 N–H and O–H groups in total. The van der Waals surface area contributed by atoms with E-state index in [9.17, 15) is 4.79 Å². The first kappa shape index (κ1) is 10.5. The standard InChI is InChI=1S/C13H17NOS/c15-12(8-13-14-3-4-16-13)7-11-6-9-1-2-10(11)5-9/h3-4,9-11H,1-2,5-8H2. The largest absolute Gasteiger partial charge is 0.299 e. The number of ketones is 1. The van der Waals surface area contributed by atoms with Crippen LogP contribution in [0.3, 0.4) is 0 Å². The van der Waals surface area contributed by atoms with Crippen LogP contribution in [-0.2, 0) is 11.2 Å². The van der Waals surface area contributed by atoms with E-state index in [4.69, 9.17) is 0 Å². The van der Waals surface area contributed by atoms with Crippen LogP contribution in [0.4, 0.5) is 0 Å². The molecule has 2 bridgehead atoms. The van der Waals surface area contributed by atoms with Crippen molar-refractivity contribution in [3.8, 4) is 0 Å². The third-order valence-corrected chi connectivity index (χ3v) is 4.99. The lowest BCUT2D eigenvalue weighted by Crippen LogP contribution is -2.16. The zero-order valence-electron chi connectivity index (χ0n) is 9.39. The molecule has 0 saturated heterocycles. The van der Waals surface area contributed by atoms with Crippen LogP contribution in [-0.4, -0.2) is 10.8 Å². The van der Waals surface area contributed by atoms with E-state index in [1.807, 2.05) is 5.38 Å².